The summed E-state index contributed by atoms with van der Waals surface area (Å²) in [6.45, 7) is 0. The molecule has 1 aliphatic heterocycles. The molecule has 0 atom stereocenters. The largest absolute Gasteiger partial charge is 0.493 e. The van der Waals surface area contributed by atoms with Crippen LogP contribution in [0, 0.1) is 0 Å². The lowest BCUT2D eigenvalue weighted by Gasteiger charge is -2.09. The van der Waals surface area contributed by atoms with Crippen molar-refractivity contribution in [1.29, 1.82) is 0 Å². The van der Waals surface area contributed by atoms with E-state index in [1.165, 1.54) is 0 Å². The Morgan fingerprint density at radius 1 is 1.19 bits per heavy atom. The van der Waals surface area contributed by atoms with Crippen LogP contribution in [0.2, 0.25) is 0 Å². The third-order valence-corrected chi connectivity index (χ3v) is 2.35. The summed E-state index contributed by atoms with van der Waals surface area (Å²) in [6.07, 6.45) is 2.08. The lowest BCUT2D eigenvalue weighted by atomic mass is 10.1. The van der Waals surface area contributed by atoms with Crippen molar-refractivity contribution >= 4 is 11.7 Å². The molecule has 2 rings (SSSR count). The van der Waals surface area contributed by atoms with Gasteiger partial charge in [-0.1, -0.05) is 0 Å². The highest BCUT2D eigenvalue weighted by atomic mass is 16.5. The van der Waals surface area contributed by atoms with Gasteiger partial charge in [-0.05, 0) is 24.3 Å². The monoisotopic (exact) mass is 220 g/mol. The summed E-state index contributed by atoms with van der Waals surface area (Å²) >= 11 is 0. The van der Waals surface area contributed by atoms with E-state index in [-0.39, 0.29) is 5.97 Å². The molecule has 0 unspecified atom stereocenters. The van der Waals surface area contributed by atoms with Gasteiger partial charge in [0.25, 0.3) is 0 Å². The van der Waals surface area contributed by atoms with Crippen LogP contribution in [-0.2, 0) is 9.53 Å². The van der Waals surface area contributed by atoms with Crippen LogP contribution in [0.5, 0.6) is 11.5 Å². The van der Waals surface area contributed by atoms with Gasteiger partial charge >= 0.3 is 5.97 Å². The molecule has 4 nitrogen and oxygen atoms in total. The first kappa shape index (κ1) is 10.5. The first-order valence-corrected chi connectivity index (χ1v) is 4.88. The number of ether oxygens (including phenoxy) is 3. The minimum atomic E-state index is -0.232. The van der Waals surface area contributed by atoms with Gasteiger partial charge in [0.2, 0.25) is 0 Å². The van der Waals surface area contributed by atoms with Crippen LogP contribution in [0.1, 0.15) is 12.0 Å². The Morgan fingerprint density at radius 3 is 2.50 bits per heavy atom. The van der Waals surface area contributed by atoms with E-state index in [0.717, 1.165) is 5.56 Å². The minimum Gasteiger partial charge on any atom is -0.493 e. The molecule has 1 heterocycles. The van der Waals surface area contributed by atoms with Gasteiger partial charge in [0.05, 0.1) is 20.6 Å². The second-order valence-electron chi connectivity index (χ2n) is 3.32. The molecule has 0 bridgehead atoms. The molecule has 1 aromatic carbocycles. The molecule has 84 valence electrons. The minimum absolute atomic E-state index is 0.232. The van der Waals surface area contributed by atoms with Crippen molar-refractivity contribution in [3.8, 4) is 11.5 Å². The average molecular weight is 220 g/mol. The number of rotatable bonds is 3. The van der Waals surface area contributed by atoms with Crippen molar-refractivity contribution in [3.05, 3.63) is 29.8 Å². The standard InChI is InChI=1S/C12H12O4/c1-14-10-4-3-8(7-11(10)15-2)9-5-6-12(13)16-9/h3-5,7H,6H2,1-2H3. The van der Waals surface area contributed by atoms with E-state index in [1.54, 1.807) is 32.4 Å². The Bertz CT molecular complexity index is 448. The molecule has 0 aliphatic carbocycles. The number of benzene rings is 1. The highest BCUT2D eigenvalue weighted by Gasteiger charge is 2.17. The molecule has 0 saturated carbocycles. The molecule has 0 spiro atoms. The Labute approximate surface area is 93.4 Å². The second-order valence-corrected chi connectivity index (χ2v) is 3.32. The van der Waals surface area contributed by atoms with Crippen LogP contribution >= 0.6 is 0 Å². The lowest BCUT2D eigenvalue weighted by Crippen LogP contribution is -1.95. The first-order chi connectivity index (χ1) is 7.74. The molecule has 0 radical (unpaired) electrons. The molecule has 0 saturated heterocycles. The molecule has 0 amide bonds. The lowest BCUT2D eigenvalue weighted by molar-refractivity contribution is -0.134. The molecule has 1 aliphatic rings. The van der Waals surface area contributed by atoms with Gasteiger partial charge in [-0.15, -0.1) is 0 Å². The molecule has 0 aromatic heterocycles. The van der Waals surface area contributed by atoms with Gasteiger partial charge in [0, 0.05) is 5.56 Å². The number of hydrogen-bond acceptors (Lipinski definition) is 4. The van der Waals surface area contributed by atoms with Gasteiger partial charge in [0.15, 0.2) is 11.5 Å². The molecule has 0 N–H and O–H groups in total. The van der Waals surface area contributed by atoms with Crippen molar-refractivity contribution in [2.75, 3.05) is 14.2 Å². The SMILES string of the molecule is COc1ccc(C2=CCC(=O)O2)cc1OC. The van der Waals surface area contributed by atoms with Crippen molar-refractivity contribution < 1.29 is 19.0 Å². The van der Waals surface area contributed by atoms with E-state index in [0.29, 0.717) is 23.7 Å². The summed E-state index contributed by atoms with van der Waals surface area (Å²) in [7, 11) is 3.14. The average Bonchev–Trinajstić information content (AvgIpc) is 2.75. The molecular weight excluding hydrogens is 208 g/mol. The van der Waals surface area contributed by atoms with Crippen molar-refractivity contribution in [3.63, 3.8) is 0 Å². The predicted molar refractivity (Wildman–Crippen MR) is 58.2 cm³/mol. The fraction of sp³-hybridized carbons (Fsp3) is 0.250. The van der Waals surface area contributed by atoms with Gasteiger partial charge < -0.3 is 14.2 Å². The smallest absolute Gasteiger partial charge is 0.315 e. The first-order valence-electron chi connectivity index (χ1n) is 4.88. The zero-order chi connectivity index (χ0) is 11.5. The highest BCUT2D eigenvalue weighted by molar-refractivity contribution is 5.85. The van der Waals surface area contributed by atoms with Crippen LogP contribution in [0.4, 0.5) is 0 Å². The number of carbonyl (C=O) groups is 1. The Balaban J connectivity index is 2.33. The second kappa shape index (κ2) is 4.26. The fourth-order valence-corrected chi connectivity index (χ4v) is 1.55. The van der Waals surface area contributed by atoms with E-state index >= 15 is 0 Å². The third-order valence-electron chi connectivity index (χ3n) is 2.35. The zero-order valence-corrected chi connectivity index (χ0v) is 9.15. The van der Waals surface area contributed by atoms with Crippen molar-refractivity contribution in [1.82, 2.24) is 0 Å². The van der Waals surface area contributed by atoms with Crippen LogP contribution in [0.15, 0.2) is 24.3 Å². The third kappa shape index (κ3) is 1.86. The maximum absolute atomic E-state index is 11.0. The van der Waals surface area contributed by atoms with E-state index in [9.17, 15) is 4.79 Å². The maximum Gasteiger partial charge on any atom is 0.315 e. The van der Waals surface area contributed by atoms with Crippen LogP contribution in [-0.4, -0.2) is 20.2 Å². The van der Waals surface area contributed by atoms with E-state index in [2.05, 4.69) is 0 Å². The van der Waals surface area contributed by atoms with Crippen LogP contribution in [0.25, 0.3) is 5.76 Å². The maximum atomic E-state index is 11.0. The summed E-state index contributed by atoms with van der Waals surface area (Å²) < 4.78 is 15.3. The summed E-state index contributed by atoms with van der Waals surface area (Å²) in [6, 6.07) is 5.39. The van der Waals surface area contributed by atoms with Gasteiger partial charge in [-0.25, -0.2) is 0 Å². The normalized spacial score (nSPS) is 14.4. The molecule has 0 fully saturated rings. The Morgan fingerprint density at radius 2 is 1.94 bits per heavy atom. The Kier molecular flexibility index (Phi) is 2.81. The number of cyclic esters (lactones) is 1. The topological polar surface area (TPSA) is 44.8 Å². The summed E-state index contributed by atoms with van der Waals surface area (Å²) in [4.78, 5) is 11.0. The molecule has 4 heteroatoms. The van der Waals surface area contributed by atoms with E-state index < -0.39 is 0 Å². The number of carbonyl (C=O) groups excluding carboxylic acids is 1. The number of hydrogen-bond donors (Lipinski definition) is 0. The van der Waals surface area contributed by atoms with Gasteiger partial charge in [-0.3, -0.25) is 4.79 Å². The summed E-state index contributed by atoms with van der Waals surface area (Å²) in [5.74, 6) is 1.61. The van der Waals surface area contributed by atoms with Crippen LogP contribution < -0.4 is 9.47 Å². The predicted octanol–water partition coefficient (Wildman–Crippen LogP) is 1.99. The van der Waals surface area contributed by atoms with E-state index in [4.69, 9.17) is 14.2 Å². The van der Waals surface area contributed by atoms with E-state index in [1.807, 2.05) is 6.07 Å². The summed E-state index contributed by atoms with van der Waals surface area (Å²) in [5, 5.41) is 0. The number of esters is 1. The highest BCUT2D eigenvalue weighted by Crippen LogP contribution is 2.32. The van der Waals surface area contributed by atoms with Gasteiger partial charge in [-0.2, -0.15) is 0 Å². The van der Waals surface area contributed by atoms with Crippen LogP contribution in [0.3, 0.4) is 0 Å². The quantitative estimate of drug-likeness (QED) is 0.731. The summed E-state index contributed by atoms with van der Waals surface area (Å²) in [5.41, 5.74) is 0.809. The van der Waals surface area contributed by atoms with Crippen molar-refractivity contribution in [2.24, 2.45) is 0 Å². The molecular formula is C12H12O4. The number of methoxy groups -OCH3 is 2. The zero-order valence-electron chi connectivity index (χ0n) is 9.15. The molecule has 1 aromatic rings. The molecule has 16 heavy (non-hydrogen) atoms. The van der Waals surface area contributed by atoms with Gasteiger partial charge in [0.1, 0.15) is 5.76 Å². The fourth-order valence-electron chi connectivity index (χ4n) is 1.55. The van der Waals surface area contributed by atoms with Crippen molar-refractivity contribution in [2.45, 2.75) is 6.42 Å². The Hall–Kier alpha value is -1.97.